The van der Waals surface area contributed by atoms with E-state index in [1.54, 1.807) is 0 Å². The summed E-state index contributed by atoms with van der Waals surface area (Å²) < 4.78 is 5.45. The summed E-state index contributed by atoms with van der Waals surface area (Å²) in [5.41, 5.74) is 7.02. The molecule has 1 heterocycles. The van der Waals surface area contributed by atoms with Crippen molar-refractivity contribution in [2.45, 2.75) is 12.8 Å². The minimum Gasteiger partial charge on any atom is -0.478 e. The first kappa shape index (κ1) is 13.9. The van der Waals surface area contributed by atoms with E-state index in [2.05, 4.69) is 17.1 Å². The molecule has 0 saturated heterocycles. The van der Waals surface area contributed by atoms with Gasteiger partial charge in [-0.25, -0.2) is 9.78 Å². The van der Waals surface area contributed by atoms with Gasteiger partial charge < -0.3 is 15.6 Å². The van der Waals surface area contributed by atoms with Crippen molar-refractivity contribution in [3.8, 4) is 5.88 Å². The fourth-order valence-electron chi connectivity index (χ4n) is 1.85. The molecule has 0 saturated carbocycles. The highest BCUT2D eigenvalue weighted by Gasteiger charge is 2.12. The molecule has 1 aromatic carbocycles. The standard InChI is InChI=1S/C15H16N2O3/c16-13-12(15(18)19)8-9-17-14(13)20-10-4-7-11-5-2-1-3-6-11/h1-3,5-6,8-9H,4,7,10,16H2,(H,18,19). The molecule has 0 aliphatic carbocycles. The van der Waals surface area contributed by atoms with Gasteiger partial charge in [0.25, 0.3) is 0 Å². The molecule has 0 aliphatic heterocycles. The number of carboxylic acid groups (broad SMARTS) is 1. The maximum Gasteiger partial charge on any atom is 0.338 e. The van der Waals surface area contributed by atoms with Crippen LogP contribution in [0, 0.1) is 0 Å². The number of benzene rings is 1. The van der Waals surface area contributed by atoms with E-state index in [4.69, 9.17) is 15.6 Å². The highest BCUT2D eigenvalue weighted by molar-refractivity contribution is 5.94. The minimum atomic E-state index is -1.08. The summed E-state index contributed by atoms with van der Waals surface area (Å²) in [4.78, 5) is 14.9. The van der Waals surface area contributed by atoms with Gasteiger partial charge in [0.1, 0.15) is 5.69 Å². The monoisotopic (exact) mass is 272 g/mol. The van der Waals surface area contributed by atoms with Gasteiger partial charge >= 0.3 is 5.97 Å². The van der Waals surface area contributed by atoms with Crippen molar-refractivity contribution < 1.29 is 14.6 Å². The van der Waals surface area contributed by atoms with Gasteiger partial charge in [0.05, 0.1) is 12.2 Å². The Bertz CT molecular complexity index is 585. The quantitative estimate of drug-likeness (QED) is 0.788. The summed E-state index contributed by atoms with van der Waals surface area (Å²) in [7, 11) is 0. The summed E-state index contributed by atoms with van der Waals surface area (Å²) in [6, 6.07) is 11.4. The Morgan fingerprint density at radius 2 is 2.00 bits per heavy atom. The van der Waals surface area contributed by atoms with Gasteiger partial charge in [-0.05, 0) is 24.5 Å². The van der Waals surface area contributed by atoms with Crippen molar-refractivity contribution >= 4 is 11.7 Å². The van der Waals surface area contributed by atoms with Crippen molar-refractivity contribution in [2.24, 2.45) is 0 Å². The third-order valence-electron chi connectivity index (χ3n) is 2.88. The first-order valence-corrected chi connectivity index (χ1v) is 6.33. The van der Waals surface area contributed by atoms with E-state index in [1.165, 1.54) is 17.8 Å². The predicted octanol–water partition coefficient (Wildman–Crippen LogP) is 2.37. The lowest BCUT2D eigenvalue weighted by Crippen LogP contribution is -2.08. The lowest BCUT2D eigenvalue weighted by atomic mass is 10.1. The number of nitrogens with zero attached hydrogens (tertiary/aromatic N) is 1. The van der Waals surface area contributed by atoms with E-state index < -0.39 is 5.97 Å². The van der Waals surface area contributed by atoms with Gasteiger partial charge in [-0.3, -0.25) is 0 Å². The normalized spacial score (nSPS) is 10.2. The number of rotatable bonds is 6. The number of nitrogen functional groups attached to an aromatic ring is 1. The maximum atomic E-state index is 10.9. The molecule has 104 valence electrons. The molecule has 3 N–H and O–H groups in total. The zero-order valence-corrected chi connectivity index (χ0v) is 11.0. The largest absolute Gasteiger partial charge is 0.478 e. The molecule has 0 bridgehead atoms. The highest BCUT2D eigenvalue weighted by Crippen LogP contribution is 2.22. The molecule has 0 atom stereocenters. The van der Waals surface area contributed by atoms with Crippen LogP contribution in [0.3, 0.4) is 0 Å². The smallest absolute Gasteiger partial charge is 0.338 e. The first-order valence-electron chi connectivity index (χ1n) is 6.33. The number of carboxylic acids is 1. The number of anilines is 1. The Hall–Kier alpha value is -2.56. The van der Waals surface area contributed by atoms with Crippen LogP contribution >= 0.6 is 0 Å². The van der Waals surface area contributed by atoms with E-state index >= 15 is 0 Å². The van der Waals surface area contributed by atoms with Crippen LogP contribution in [0.15, 0.2) is 42.6 Å². The van der Waals surface area contributed by atoms with Crippen LogP contribution in [0.2, 0.25) is 0 Å². The van der Waals surface area contributed by atoms with Crippen LogP contribution in [-0.4, -0.2) is 22.7 Å². The van der Waals surface area contributed by atoms with Crippen molar-refractivity contribution in [1.82, 2.24) is 4.98 Å². The number of carbonyl (C=O) groups is 1. The van der Waals surface area contributed by atoms with E-state index in [0.29, 0.717) is 6.61 Å². The van der Waals surface area contributed by atoms with E-state index in [9.17, 15) is 4.79 Å². The Balaban J connectivity index is 1.88. The molecule has 20 heavy (non-hydrogen) atoms. The highest BCUT2D eigenvalue weighted by atomic mass is 16.5. The summed E-state index contributed by atoms with van der Waals surface area (Å²) in [5.74, 6) is -0.906. The van der Waals surface area contributed by atoms with Gasteiger partial charge in [0.15, 0.2) is 0 Å². The van der Waals surface area contributed by atoms with Crippen molar-refractivity contribution in [1.29, 1.82) is 0 Å². The number of aromatic nitrogens is 1. The Labute approximate surface area is 117 Å². The van der Waals surface area contributed by atoms with E-state index in [0.717, 1.165) is 12.8 Å². The number of pyridine rings is 1. The lowest BCUT2D eigenvalue weighted by Gasteiger charge is -2.09. The van der Waals surface area contributed by atoms with Gasteiger partial charge in [0, 0.05) is 6.20 Å². The number of hydrogen-bond donors (Lipinski definition) is 2. The molecule has 1 aromatic heterocycles. The molecular formula is C15H16N2O3. The zero-order valence-electron chi connectivity index (χ0n) is 11.0. The second-order valence-electron chi connectivity index (χ2n) is 4.32. The third kappa shape index (κ3) is 3.47. The number of aryl methyl sites for hydroxylation is 1. The van der Waals surface area contributed by atoms with E-state index in [-0.39, 0.29) is 17.1 Å². The van der Waals surface area contributed by atoms with Gasteiger partial charge in [-0.15, -0.1) is 0 Å². The lowest BCUT2D eigenvalue weighted by molar-refractivity contribution is 0.0697. The van der Waals surface area contributed by atoms with Crippen LogP contribution in [0.25, 0.3) is 0 Å². The van der Waals surface area contributed by atoms with Crippen LogP contribution in [0.4, 0.5) is 5.69 Å². The molecule has 0 spiro atoms. The van der Waals surface area contributed by atoms with Crippen LogP contribution < -0.4 is 10.5 Å². The maximum absolute atomic E-state index is 10.9. The van der Waals surface area contributed by atoms with Crippen molar-refractivity contribution in [3.05, 3.63) is 53.7 Å². The molecule has 5 heteroatoms. The van der Waals surface area contributed by atoms with Gasteiger partial charge in [0.2, 0.25) is 5.88 Å². The second kappa shape index (κ2) is 6.56. The fourth-order valence-corrected chi connectivity index (χ4v) is 1.85. The van der Waals surface area contributed by atoms with Crippen LogP contribution in [0.5, 0.6) is 5.88 Å². The molecular weight excluding hydrogens is 256 g/mol. The number of aromatic carboxylic acids is 1. The third-order valence-corrected chi connectivity index (χ3v) is 2.88. The molecule has 2 rings (SSSR count). The van der Waals surface area contributed by atoms with Crippen LogP contribution in [-0.2, 0) is 6.42 Å². The van der Waals surface area contributed by atoms with Crippen molar-refractivity contribution in [3.63, 3.8) is 0 Å². The molecule has 0 radical (unpaired) electrons. The van der Waals surface area contributed by atoms with Crippen LogP contribution in [0.1, 0.15) is 22.3 Å². The molecule has 5 nitrogen and oxygen atoms in total. The first-order chi connectivity index (χ1) is 9.68. The molecule has 2 aromatic rings. The predicted molar refractivity (Wildman–Crippen MR) is 75.9 cm³/mol. The molecule has 0 unspecified atom stereocenters. The Morgan fingerprint density at radius 1 is 1.25 bits per heavy atom. The molecule has 0 aliphatic rings. The Kier molecular flexibility index (Phi) is 4.55. The number of ether oxygens (including phenoxy) is 1. The SMILES string of the molecule is Nc1c(C(=O)O)ccnc1OCCCc1ccccc1. The minimum absolute atomic E-state index is 0.0121. The average Bonchev–Trinajstić information content (AvgIpc) is 2.46. The van der Waals surface area contributed by atoms with Gasteiger partial charge in [-0.1, -0.05) is 30.3 Å². The molecule has 0 amide bonds. The van der Waals surface area contributed by atoms with E-state index in [1.807, 2.05) is 18.2 Å². The summed E-state index contributed by atoms with van der Waals surface area (Å²) in [5, 5.41) is 8.95. The zero-order chi connectivity index (χ0) is 14.4. The number of hydrogen-bond acceptors (Lipinski definition) is 4. The fraction of sp³-hybridized carbons (Fsp3) is 0.200. The average molecular weight is 272 g/mol. The summed E-state index contributed by atoms with van der Waals surface area (Å²) in [6.07, 6.45) is 3.08. The Morgan fingerprint density at radius 3 is 2.70 bits per heavy atom. The second-order valence-corrected chi connectivity index (χ2v) is 4.32. The van der Waals surface area contributed by atoms with Gasteiger partial charge in [-0.2, -0.15) is 0 Å². The summed E-state index contributed by atoms with van der Waals surface area (Å²) >= 11 is 0. The number of nitrogens with two attached hydrogens (primary N) is 1. The molecule has 0 fully saturated rings. The topological polar surface area (TPSA) is 85.4 Å². The summed E-state index contributed by atoms with van der Waals surface area (Å²) in [6.45, 7) is 0.440. The van der Waals surface area contributed by atoms with Crippen molar-refractivity contribution in [2.75, 3.05) is 12.3 Å².